The highest BCUT2D eigenvalue weighted by Gasteiger charge is 2.48. The van der Waals surface area contributed by atoms with Crippen LogP contribution >= 0.6 is 11.6 Å². The molecule has 2 aliphatic rings. The van der Waals surface area contributed by atoms with Crippen LogP contribution in [0, 0.1) is 6.92 Å². The Hall–Kier alpha value is -2.79. The molecule has 2 aromatic rings. The van der Waals surface area contributed by atoms with Gasteiger partial charge in [-0.25, -0.2) is 0 Å². The number of nitrogens with zero attached hydrogens (tertiary/aromatic N) is 1. The third-order valence-corrected chi connectivity index (χ3v) is 6.54. The van der Waals surface area contributed by atoms with Crippen LogP contribution in [-0.2, 0) is 9.59 Å². The molecular formula is C25H26ClNO4. The monoisotopic (exact) mass is 439 g/mol. The van der Waals surface area contributed by atoms with E-state index < -0.39 is 17.7 Å². The summed E-state index contributed by atoms with van der Waals surface area (Å²) in [5, 5.41) is 11.6. The molecular weight excluding hydrogens is 414 g/mol. The largest absolute Gasteiger partial charge is 0.507 e. The van der Waals surface area contributed by atoms with Gasteiger partial charge in [0.05, 0.1) is 23.7 Å². The highest BCUT2D eigenvalue weighted by Crippen LogP contribution is 2.43. The molecule has 6 heteroatoms. The summed E-state index contributed by atoms with van der Waals surface area (Å²) in [6.07, 6.45) is 4.93. The Balaban J connectivity index is 1.89. The lowest BCUT2D eigenvalue weighted by atomic mass is 9.90. The lowest BCUT2D eigenvalue weighted by molar-refractivity contribution is -0.141. The van der Waals surface area contributed by atoms with E-state index in [0.29, 0.717) is 16.3 Å². The molecule has 0 aromatic heterocycles. The second-order valence-corrected chi connectivity index (χ2v) is 8.67. The van der Waals surface area contributed by atoms with Crippen molar-refractivity contribution >= 4 is 29.1 Å². The van der Waals surface area contributed by atoms with Gasteiger partial charge in [0.15, 0.2) is 0 Å². The molecule has 1 N–H and O–H groups in total. The van der Waals surface area contributed by atoms with E-state index in [1.54, 1.807) is 23.1 Å². The fourth-order valence-corrected chi connectivity index (χ4v) is 4.91. The first-order chi connectivity index (χ1) is 14.9. The number of aliphatic hydroxyl groups excluding tert-OH is 1. The van der Waals surface area contributed by atoms with E-state index in [1.807, 2.05) is 31.2 Å². The predicted octanol–water partition coefficient (Wildman–Crippen LogP) is 5.41. The molecule has 162 valence electrons. The van der Waals surface area contributed by atoms with E-state index in [0.717, 1.165) is 43.2 Å². The number of aryl methyl sites for hydroxylation is 1. The number of aliphatic hydroxyl groups is 1. The molecule has 1 saturated heterocycles. The molecule has 5 nitrogen and oxygen atoms in total. The van der Waals surface area contributed by atoms with Crippen molar-refractivity contribution in [2.24, 2.45) is 0 Å². The molecule has 4 rings (SSSR count). The first-order valence-electron chi connectivity index (χ1n) is 10.6. The maximum Gasteiger partial charge on any atom is 0.295 e. The minimum absolute atomic E-state index is 0.0132. The third-order valence-electron chi connectivity index (χ3n) is 6.23. The van der Waals surface area contributed by atoms with Crippen LogP contribution in [0.15, 0.2) is 48.0 Å². The minimum Gasteiger partial charge on any atom is -0.507 e. The molecule has 0 radical (unpaired) electrons. The number of ketones is 1. The SMILES string of the molecule is COc1cc(/C(O)=C2/C(=O)C(=O)N(C3CCCCC3)C2c2cccc(C)c2)ccc1Cl. The summed E-state index contributed by atoms with van der Waals surface area (Å²) in [7, 11) is 1.49. The van der Waals surface area contributed by atoms with Crippen LogP contribution in [0.4, 0.5) is 0 Å². The Labute approximate surface area is 187 Å². The van der Waals surface area contributed by atoms with Crippen molar-refractivity contribution in [2.45, 2.75) is 51.1 Å². The van der Waals surface area contributed by atoms with E-state index in [2.05, 4.69) is 0 Å². The van der Waals surface area contributed by atoms with Crippen LogP contribution in [0.5, 0.6) is 5.75 Å². The fraction of sp³-hybridized carbons (Fsp3) is 0.360. The number of rotatable bonds is 4. The zero-order valence-electron chi connectivity index (χ0n) is 17.7. The van der Waals surface area contributed by atoms with E-state index in [1.165, 1.54) is 7.11 Å². The minimum atomic E-state index is -0.650. The third kappa shape index (κ3) is 3.94. The molecule has 31 heavy (non-hydrogen) atoms. The number of hydrogen-bond acceptors (Lipinski definition) is 4. The molecule has 1 saturated carbocycles. The summed E-state index contributed by atoms with van der Waals surface area (Å²) < 4.78 is 5.26. The van der Waals surface area contributed by atoms with Gasteiger partial charge in [-0.3, -0.25) is 9.59 Å². The lowest BCUT2D eigenvalue weighted by Crippen LogP contribution is -2.40. The Morgan fingerprint density at radius 2 is 1.84 bits per heavy atom. The zero-order chi connectivity index (χ0) is 22.1. The number of likely N-dealkylation sites (tertiary alicyclic amines) is 1. The molecule has 1 heterocycles. The van der Waals surface area contributed by atoms with Crippen LogP contribution in [0.25, 0.3) is 5.76 Å². The summed E-state index contributed by atoms with van der Waals surface area (Å²) >= 11 is 6.13. The van der Waals surface area contributed by atoms with E-state index in [9.17, 15) is 14.7 Å². The number of carbonyl (C=O) groups excluding carboxylic acids is 2. The predicted molar refractivity (Wildman–Crippen MR) is 120 cm³/mol. The van der Waals surface area contributed by atoms with Crippen LogP contribution in [-0.4, -0.2) is 34.8 Å². The fourth-order valence-electron chi connectivity index (χ4n) is 4.72. The molecule has 1 aliphatic heterocycles. The molecule has 1 atom stereocenters. The van der Waals surface area contributed by atoms with Crippen molar-refractivity contribution in [3.63, 3.8) is 0 Å². The zero-order valence-corrected chi connectivity index (χ0v) is 18.5. The van der Waals surface area contributed by atoms with Gasteiger partial charge in [0.2, 0.25) is 0 Å². The number of amides is 1. The highest BCUT2D eigenvalue weighted by atomic mass is 35.5. The molecule has 2 fully saturated rings. The van der Waals surface area contributed by atoms with Crippen LogP contribution in [0.2, 0.25) is 5.02 Å². The summed E-state index contributed by atoms with van der Waals surface area (Å²) in [4.78, 5) is 28.1. The topological polar surface area (TPSA) is 66.8 Å². The van der Waals surface area contributed by atoms with Gasteiger partial charge in [0.25, 0.3) is 11.7 Å². The number of Topliss-reactive ketones (excluding diaryl/α,β-unsaturated/α-hetero) is 1. The summed E-state index contributed by atoms with van der Waals surface area (Å²) in [6, 6.07) is 12.0. The van der Waals surface area contributed by atoms with E-state index in [4.69, 9.17) is 16.3 Å². The van der Waals surface area contributed by atoms with Crippen molar-refractivity contribution in [3.8, 4) is 5.75 Å². The molecule has 1 unspecified atom stereocenters. The van der Waals surface area contributed by atoms with Crippen molar-refractivity contribution in [1.29, 1.82) is 0 Å². The second-order valence-electron chi connectivity index (χ2n) is 8.26. The van der Waals surface area contributed by atoms with Gasteiger partial charge in [-0.2, -0.15) is 0 Å². The van der Waals surface area contributed by atoms with Crippen molar-refractivity contribution in [3.05, 3.63) is 69.8 Å². The van der Waals surface area contributed by atoms with E-state index in [-0.39, 0.29) is 17.4 Å². The van der Waals surface area contributed by atoms with Crippen LogP contribution in [0.3, 0.4) is 0 Å². The number of halogens is 1. The van der Waals surface area contributed by atoms with Crippen LogP contribution < -0.4 is 4.74 Å². The second kappa shape index (κ2) is 8.75. The van der Waals surface area contributed by atoms with Gasteiger partial charge in [-0.05, 0) is 43.5 Å². The maximum absolute atomic E-state index is 13.2. The number of methoxy groups -OCH3 is 1. The summed E-state index contributed by atoms with van der Waals surface area (Å²) in [5.41, 5.74) is 2.36. The standard InChI is InChI=1S/C25H26ClNO4/c1-15-7-6-8-16(13-15)22-21(23(28)17-11-12-19(26)20(14-17)31-2)24(29)25(30)27(22)18-9-4-3-5-10-18/h6-8,11-14,18,22,28H,3-5,9-10H2,1-2H3/b23-21-. The molecule has 0 spiro atoms. The lowest BCUT2D eigenvalue weighted by Gasteiger charge is -2.35. The molecule has 1 aliphatic carbocycles. The Kier molecular flexibility index (Phi) is 6.05. The van der Waals surface area contributed by atoms with Gasteiger partial charge in [-0.1, -0.05) is 60.7 Å². The maximum atomic E-state index is 13.2. The molecule has 0 bridgehead atoms. The molecule has 2 aromatic carbocycles. The Morgan fingerprint density at radius 3 is 2.52 bits per heavy atom. The van der Waals surface area contributed by atoms with Gasteiger partial charge in [0, 0.05) is 11.6 Å². The summed E-state index contributed by atoms with van der Waals surface area (Å²) in [5.74, 6) is -1.01. The first-order valence-corrected chi connectivity index (χ1v) is 11.0. The average Bonchev–Trinajstić information content (AvgIpc) is 3.05. The summed E-state index contributed by atoms with van der Waals surface area (Å²) in [6.45, 7) is 1.97. The Bertz CT molecular complexity index is 1060. The highest BCUT2D eigenvalue weighted by molar-refractivity contribution is 6.46. The quantitative estimate of drug-likeness (QED) is 0.393. The Morgan fingerprint density at radius 1 is 1.10 bits per heavy atom. The van der Waals surface area contributed by atoms with Crippen molar-refractivity contribution < 1.29 is 19.4 Å². The van der Waals surface area contributed by atoms with Gasteiger partial charge < -0.3 is 14.7 Å². The number of benzene rings is 2. The normalized spacial score (nSPS) is 21.5. The van der Waals surface area contributed by atoms with E-state index >= 15 is 0 Å². The van der Waals surface area contributed by atoms with Crippen molar-refractivity contribution in [1.82, 2.24) is 4.90 Å². The van der Waals surface area contributed by atoms with Gasteiger partial charge >= 0.3 is 0 Å². The van der Waals surface area contributed by atoms with Crippen LogP contribution in [0.1, 0.15) is 54.8 Å². The number of ether oxygens (including phenoxy) is 1. The number of hydrogen-bond donors (Lipinski definition) is 1. The number of carbonyl (C=O) groups is 2. The first kappa shape index (κ1) is 21.4. The average molecular weight is 440 g/mol. The van der Waals surface area contributed by atoms with Gasteiger partial charge in [-0.15, -0.1) is 0 Å². The van der Waals surface area contributed by atoms with Gasteiger partial charge in [0.1, 0.15) is 11.5 Å². The molecule has 1 amide bonds. The van der Waals surface area contributed by atoms with Crippen molar-refractivity contribution in [2.75, 3.05) is 7.11 Å². The smallest absolute Gasteiger partial charge is 0.295 e.